The van der Waals surface area contributed by atoms with Gasteiger partial charge in [-0.15, -0.1) is 0 Å². The first-order chi connectivity index (χ1) is 8.61. The van der Waals surface area contributed by atoms with E-state index in [1.54, 1.807) is 0 Å². The van der Waals surface area contributed by atoms with Gasteiger partial charge in [0.2, 0.25) is 0 Å². The summed E-state index contributed by atoms with van der Waals surface area (Å²) in [6.07, 6.45) is 3.63. The Kier molecular flexibility index (Phi) is 4.18. The number of carbonyl (C=O) groups excluding carboxylic acids is 1. The van der Waals surface area contributed by atoms with Gasteiger partial charge in [-0.05, 0) is 56.8 Å². The minimum atomic E-state index is 0.262. The summed E-state index contributed by atoms with van der Waals surface area (Å²) in [6.45, 7) is 8.02. The van der Waals surface area contributed by atoms with Crippen LogP contribution in [0.3, 0.4) is 0 Å². The number of hydrogen-bond acceptors (Lipinski definition) is 2. The van der Waals surface area contributed by atoms with Gasteiger partial charge in [0.25, 0.3) is 0 Å². The van der Waals surface area contributed by atoms with Crippen LogP contribution in [0.2, 0.25) is 0 Å². The summed E-state index contributed by atoms with van der Waals surface area (Å²) < 4.78 is 0. The molecule has 1 aliphatic heterocycles. The van der Waals surface area contributed by atoms with Crippen LogP contribution in [0.4, 0.5) is 0 Å². The maximum atomic E-state index is 12.3. The molecule has 0 aromatic heterocycles. The summed E-state index contributed by atoms with van der Waals surface area (Å²) in [5, 5.41) is 0. The van der Waals surface area contributed by atoms with Gasteiger partial charge in [-0.3, -0.25) is 9.69 Å². The van der Waals surface area contributed by atoms with Crippen LogP contribution in [0.5, 0.6) is 0 Å². The maximum Gasteiger partial charge on any atom is 0.176 e. The Bertz CT molecular complexity index is 439. The average Bonchev–Trinajstić information content (AvgIpc) is 2.79. The van der Waals surface area contributed by atoms with Gasteiger partial charge < -0.3 is 0 Å². The molecule has 0 aliphatic carbocycles. The fourth-order valence-electron chi connectivity index (χ4n) is 2.76. The van der Waals surface area contributed by atoms with Gasteiger partial charge in [0.05, 0.1) is 6.54 Å². The second-order valence-corrected chi connectivity index (χ2v) is 5.40. The lowest BCUT2D eigenvalue weighted by Crippen LogP contribution is -2.33. The molecule has 2 nitrogen and oxygen atoms in total. The van der Waals surface area contributed by atoms with Crippen molar-refractivity contribution in [3.8, 4) is 0 Å². The first kappa shape index (κ1) is 13.3. The fraction of sp³-hybridized carbons (Fsp3) is 0.562. The predicted molar refractivity (Wildman–Crippen MR) is 75.1 cm³/mol. The van der Waals surface area contributed by atoms with Crippen LogP contribution in [-0.4, -0.2) is 29.8 Å². The van der Waals surface area contributed by atoms with Crippen molar-refractivity contribution in [1.29, 1.82) is 0 Å². The highest BCUT2D eigenvalue weighted by molar-refractivity contribution is 5.97. The number of benzene rings is 1. The number of nitrogens with zero attached hydrogens (tertiary/aromatic N) is 1. The second kappa shape index (κ2) is 5.66. The van der Waals surface area contributed by atoms with E-state index < -0.39 is 0 Å². The van der Waals surface area contributed by atoms with Crippen LogP contribution in [-0.2, 0) is 0 Å². The highest BCUT2D eigenvalue weighted by Gasteiger charge is 2.24. The lowest BCUT2D eigenvalue weighted by molar-refractivity contribution is 0.0920. The molecule has 1 aliphatic rings. The summed E-state index contributed by atoms with van der Waals surface area (Å²) in [7, 11) is 0. The molecule has 98 valence electrons. The molecule has 0 radical (unpaired) electrons. The van der Waals surface area contributed by atoms with Crippen molar-refractivity contribution in [1.82, 2.24) is 4.90 Å². The van der Waals surface area contributed by atoms with Crippen LogP contribution in [0.1, 0.15) is 47.7 Å². The van der Waals surface area contributed by atoms with Crippen LogP contribution in [0, 0.1) is 13.8 Å². The summed E-state index contributed by atoms with van der Waals surface area (Å²) in [4.78, 5) is 14.6. The highest BCUT2D eigenvalue weighted by Crippen LogP contribution is 2.20. The fourth-order valence-corrected chi connectivity index (χ4v) is 2.76. The Morgan fingerprint density at radius 1 is 1.33 bits per heavy atom. The summed E-state index contributed by atoms with van der Waals surface area (Å²) >= 11 is 0. The number of likely N-dealkylation sites (tertiary alicyclic amines) is 1. The number of rotatable bonds is 4. The molecule has 0 saturated carbocycles. The van der Waals surface area contributed by atoms with Crippen molar-refractivity contribution in [2.75, 3.05) is 13.1 Å². The zero-order chi connectivity index (χ0) is 13.1. The van der Waals surface area contributed by atoms with Crippen molar-refractivity contribution in [2.24, 2.45) is 0 Å². The monoisotopic (exact) mass is 245 g/mol. The molecule has 2 rings (SSSR count). The number of Topliss-reactive ketones (excluding diaryl/α,β-unsaturated/α-hetero) is 1. The molecule has 2 heteroatoms. The largest absolute Gasteiger partial charge is 0.293 e. The summed E-state index contributed by atoms with van der Waals surface area (Å²) in [5.74, 6) is 0.262. The van der Waals surface area contributed by atoms with E-state index in [1.807, 2.05) is 18.2 Å². The third-order valence-corrected chi connectivity index (χ3v) is 4.15. The van der Waals surface area contributed by atoms with Crippen molar-refractivity contribution in [3.05, 3.63) is 34.9 Å². The predicted octanol–water partition coefficient (Wildman–Crippen LogP) is 3.36. The van der Waals surface area contributed by atoms with Gasteiger partial charge in [-0.1, -0.05) is 19.1 Å². The smallest absolute Gasteiger partial charge is 0.176 e. The number of carbonyl (C=O) groups is 1. The minimum Gasteiger partial charge on any atom is -0.293 e. The van der Waals surface area contributed by atoms with E-state index in [-0.39, 0.29) is 5.78 Å². The van der Waals surface area contributed by atoms with Crippen LogP contribution >= 0.6 is 0 Å². The number of hydrogen-bond donors (Lipinski definition) is 0. The molecular weight excluding hydrogens is 222 g/mol. The molecule has 18 heavy (non-hydrogen) atoms. The van der Waals surface area contributed by atoms with E-state index in [0.717, 1.165) is 18.5 Å². The minimum absolute atomic E-state index is 0.262. The van der Waals surface area contributed by atoms with Crippen molar-refractivity contribution >= 4 is 5.78 Å². The lowest BCUT2D eigenvalue weighted by atomic mass is 10.0. The van der Waals surface area contributed by atoms with Crippen molar-refractivity contribution in [3.63, 3.8) is 0 Å². The van der Waals surface area contributed by atoms with Gasteiger partial charge >= 0.3 is 0 Å². The van der Waals surface area contributed by atoms with Crippen LogP contribution < -0.4 is 0 Å². The number of ketones is 1. The zero-order valence-electron chi connectivity index (χ0n) is 11.7. The Balaban J connectivity index is 2.05. The van der Waals surface area contributed by atoms with Crippen LogP contribution in [0.15, 0.2) is 18.2 Å². The molecule has 0 bridgehead atoms. The molecule has 1 saturated heterocycles. The molecule has 1 fully saturated rings. The SMILES string of the molecule is CCC1CCCN1CC(=O)c1ccc(C)c(C)c1. The topological polar surface area (TPSA) is 20.3 Å². The molecule has 1 atom stereocenters. The maximum absolute atomic E-state index is 12.3. The molecule has 0 amide bonds. The van der Waals surface area contributed by atoms with Crippen LogP contribution in [0.25, 0.3) is 0 Å². The van der Waals surface area contributed by atoms with E-state index in [4.69, 9.17) is 0 Å². The van der Waals surface area contributed by atoms with Crippen molar-refractivity contribution in [2.45, 2.75) is 46.1 Å². The third kappa shape index (κ3) is 2.81. The highest BCUT2D eigenvalue weighted by atomic mass is 16.1. The molecule has 1 aromatic rings. The first-order valence-electron chi connectivity index (χ1n) is 6.96. The molecule has 1 aromatic carbocycles. The normalized spacial score (nSPS) is 20.3. The average molecular weight is 245 g/mol. The Morgan fingerprint density at radius 2 is 2.11 bits per heavy atom. The van der Waals surface area contributed by atoms with Gasteiger partial charge in [-0.2, -0.15) is 0 Å². The van der Waals surface area contributed by atoms with Gasteiger partial charge in [-0.25, -0.2) is 0 Å². The summed E-state index contributed by atoms with van der Waals surface area (Å²) in [5.41, 5.74) is 3.31. The van der Waals surface area contributed by atoms with Gasteiger partial charge in [0, 0.05) is 11.6 Å². The lowest BCUT2D eigenvalue weighted by Gasteiger charge is -2.22. The first-order valence-corrected chi connectivity index (χ1v) is 6.96. The standard InChI is InChI=1S/C16H23NO/c1-4-15-6-5-9-17(15)11-16(18)14-8-7-12(2)13(3)10-14/h7-8,10,15H,4-6,9,11H2,1-3H3. The number of aryl methyl sites for hydroxylation is 2. The second-order valence-electron chi connectivity index (χ2n) is 5.40. The molecule has 1 unspecified atom stereocenters. The summed E-state index contributed by atoms with van der Waals surface area (Å²) in [6, 6.07) is 6.64. The quantitative estimate of drug-likeness (QED) is 0.758. The molecule has 0 N–H and O–H groups in total. The molecule has 1 heterocycles. The Labute approximate surface area is 110 Å². The Morgan fingerprint density at radius 3 is 2.78 bits per heavy atom. The zero-order valence-corrected chi connectivity index (χ0v) is 11.7. The molecular formula is C16H23NO. The Hall–Kier alpha value is -1.15. The van der Waals surface area contributed by atoms with Gasteiger partial charge in [0.1, 0.15) is 0 Å². The van der Waals surface area contributed by atoms with E-state index >= 15 is 0 Å². The van der Waals surface area contributed by atoms with E-state index in [9.17, 15) is 4.79 Å². The van der Waals surface area contributed by atoms with Crippen molar-refractivity contribution < 1.29 is 4.79 Å². The van der Waals surface area contributed by atoms with Gasteiger partial charge in [0.15, 0.2) is 5.78 Å². The van der Waals surface area contributed by atoms with E-state index in [2.05, 4.69) is 25.7 Å². The molecule has 0 spiro atoms. The third-order valence-electron chi connectivity index (χ3n) is 4.15. The van der Waals surface area contributed by atoms with E-state index in [1.165, 1.54) is 24.0 Å². The van der Waals surface area contributed by atoms with E-state index in [0.29, 0.717) is 12.6 Å².